The number of methoxy groups -OCH3 is 1. The Morgan fingerprint density at radius 2 is 2.20 bits per heavy atom. The first-order valence-electron chi connectivity index (χ1n) is 3.49. The van der Waals surface area contributed by atoms with Gasteiger partial charge < -0.3 is 9.47 Å². The van der Waals surface area contributed by atoms with E-state index in [1.54, 1.807) is 14.2 Å². The fourth-order valence-corrected chi connectivity index (χ4v) is 0.788. The highest BCUT2D eigenvalue weighted by Gasteiger charge is 2.09. The van der Waals surface area contributed by atoms with Crippen molar-refractivity contribution >= 4 is 0 Å². The predicted octanol–water partition coefficient (Wildman–Crippen LogP) is 1.61. The van der Waals surface area contributed by atoms with E-state index in [9.17, 15) is 0 Å². The summed E-state index contributed by atoms with van der Waals surface area (Å²) in [7, 11) is 3.25. The van der Waals surface area contributed by atoms with Gasteiger partial charge in [-0.1, -0.05) is 6.08 Å². The normalized spacial score (nSPS) is 23.2. The standard InChI is InChI=1S/C6H10O.C2H6O/c1-2-6-4-3-5-7-6;1-3-2/h2,6H,1,3-5H2;1-2H3. The summed E-state index contributed by atoms with van der Waals surface area (Å²) in [4.78, 5) is 0. The summed E-state index contributed by atoms with van der Waals surface area (Å²) >= 11 is 0. The fraction of sp³-hybridized carbons (Fsp3) is 0.750. The molecule has 0 aromatic heterocycles. The average Bonchev–Trinajstić information content (AvgIpc) is 2.39. The van der Waals surface area contributed by atoms with Gasteiger partial charge in [0.05, 0.1) is 6.10 Å². The Kier molecular flexibility index (Phi) is 6.55. The summed E-state index contributed by atoms with van der Waals surface area (Å²) in [5.41, 5.74) is 0. The molecule has 0 bridgehead atoms. The van der Waals surface area contributed by atoms with Crippen molar-refractivity contribution in [1.82, 2.24) is 0 Å². The first-order chi connectivity index (χ1) is 4.85. The maximum atomic E-state index is 5.18. The lowest BCUT2D eigenvalue weighted by atomic mass is 10.2. The van der Waals surface area contributed by atoms with Gasteiger partial charge in [-0.25, -0.2) is 0 Å². The first-order valence-corrected chi connectivity index (χ1v) is 3.49. The van der Waals surface area contributed by atoms with E-state index in [0.717, 1.165) is 6.61 Å². The highest BCUT2D eigenvalue weighted by molar-refractivity contribution is 4.82. The first kappa shape index (κ1) is 9.66. The Bertz CT molecular complexity index is 75.3. The summed E-state index contributed by atoms with van der Waals surface area (Å²) in [5.74, 6) is 0. The Hall–Kier alpha value is -0.340. The second-order valence-corrected chi connectivity index (χ2v) is 2.20. The molecule has 0 aliphatic carbocycles. The van der Waals surface area contributed by atoms with Crippen molar-refractivity contribution in [3.05, 3.63) is 12.7 Å². The van der Waals surface area contributed by atoms with Gasteiger partial charge in [0.15, 0.2) is 0 Å². The van der Waals surface area contributed by atoms with Crippen molar-refractivity contribution in [2.45, 2.75) is 18.9 Å². The Labute approximate surface area is 62.8 Å². The molecule has 2 heteroatoms. The van der Waals surface area contributed by atoms with Gasteiger partial charge in [0, 0.05) is 20.8 Å². The third-order valence-corrected chi connectivity index (χ3v) is 1.23. The third kappa shape index (κ3) is 4.53. The van der Waals surface area contributed by atoms with Crippen LogP contribution >= 0.6 is 0 Å². The molecule has 1 rings (SSSR count). The van der Waals surface area contributed by atoms with Gasteiger partial charge in [-0.15, -0.1) is 6.58 Å². The summed E-state index contributed by atoms with van der Waals surface area (Å²) in [5, 5.41) is 0. The predicted molar refractivity (Wildman–Crippen MR) is 42.1 cm³/mol. The fourth-order valence-electron chi connectivity index (χ4n) is 0.788. The lowest BCUT2D eigenvalue weighted by Gasteiger charge is -1.97. The molecule has 1 unspecified atom stereocenters. The quantitative estimate of drug-likeness (QED) is 0.520. The minimum Gasteiger partial charge on any atom is -0.388 e. The average molecular weight is 144 g/mol. The Morgan fingerprint density at radius 3 is 2.40 bits per heavy atom. The summed E-state index contributed by atoms with van der Waals surface area (Å²) < 4.78 is 9.43. The van der Waals surface area contributed by atoms with Crippen LogP contribution in [0, 0.1) is 0 Å². The van der Waals surface area contributed by atoms with E-state index < -0.39 is 0 Å². The minimum absolute atomic E-state index is 0.361. The topological polar surface area (TPSA) is 18.5 Å². The lowest BCUT2D eigenvalue weighted by molar-refractivity contribution is 0.146. The molecule has 1 aliphatic rings. The smallest absolute Gasteiger partial charge is 0.0754 e. The molecule has 0 N–H and O–H groups in total. The molecule has 2 nitrogen and oxygen atoms in total. The zero-order chi connectivity index (χ0) is 7.82. The molecule has 0 aromatic carbocycles. The molecular weight excluding hydrogens is 128 g/mol. The molecule has 10 heavy (non-hydrogen) atoms. The van der Waals surface area contributed by atoms with Crippen molar-refractivity contribution in [1.29, 1.82) is 0 Å². The minimum atomic E-state index is 0.361. The maximum absolute atomic E-state index is 5.18. The molecular formula is C8H16O2. The SMILES string of the molecule is C=CC1CCCO1.COC. The summed E-state index contributed by atoms with van der Waals surface area (Å²) in [6.07, 6.45) is 4.60. The van der Waals surface area contributed by atoms with Crippen molar-refractivity contribution < 1.29 is 9.47 Å². The molecule has 60 valence electrons. The lowest BCUT2D eigenvalue weighted by Crippen LogP contribution is -1.96. The van der Waals surface area contributed by atoms with E-state index in [1.807, 2.05) is 6.08 Å². The van der Waals surface area contributed by atoms with Crippen LogP contribution in [0.3, 0.4) is 0 Å². The van der Waals surface area contributed by atoms with Crippen LogP contribution in [0.1, 0.15) is 12.8 Å². The van der Waals surface area contributed by atoms with Crippen LogP contribution in [-0.4, -0.2) is 26.9 Å². The van der Waals surface area contributed by atoms with Gasteiger partial charge in [-0.2, -0.15) is 0 Å². The summed E-state index contributed by atoms with van der Waals surface area (Å²) in [6.45, 7) is 4.54. The van der Waals surface area contributed by atoms with Crippen LogP contribution in [0.15, 0.2) is 12.7 Å². The van der Waals surface area contributed by atoms with E-state index in [1.165, 1.54) is 12.8 Å². The number of hydrogen-bond acceptors (Lipinski definition) is 2. The molecule has 0 saturated carbocycles. The van der Waals surface area contributed by atoms with Gasteiger partial charge in [0.1, 0.15) is 0 Å². The van der Waals surface area contributed by atoms with Crippen LogP contribution in [0.25, 0.3) is 0 Å². The number of hydrogen-bond donors (Lipinski definition) is 0. The second kappa shape index (κ2) is 6.78. The van der Waals surface area contributed by atoms with Crippen LogP contribution in [-0.2, 0) is 9.47 Å². The van der Waals surface area contributed by atoms with E-state index in [0.29, 0.717) is 6.10 Å². The number of rotatable bonds is 1. The van der Waals surface area contributed by atoms with Gasteiger partial charge in [-0.05, 0) is 12.8 Å². The number of ether oxygens (including phenoxy) is 2. The molecule has 0 spiro atoms. The van der Waals surface area contributed by atoms with E-state index in [2.05, 4.69) is 11.3 Å². The van der Waals surface area contributed by atoms with E-state index in [4.69, 9.17) is 4.74 Å². The largest absolute Gasteiger partial charge is 0.388 e. The van der Waals surface area contributed by atoms with Crippen LogP contribution in [0.2, 0.25) is 0 Å². The zero-order valence-corrected chi connectivity index (χ0v) is 6.80. The molecule has 0 aromatic rings. The van der Waals surface area contributed by atoms with Crippen molar-refractivity contribution in [3.8, 4) is 0 Å². The van der Waals surface area contributed by atoms with Gasteiger partial charge in [0.2, 0.25) is 0 Å². The van der Waals surface area contributed by atoms with Gasteiger partial charge in [-0.3, -0.25) is 0 Å². The van der Waals surface area contributed by atoms with Crippen molar-refractivity contribution in [2.75, 3.05) is 20.8 Å². The maximum Gasteiger partial charge on any atom is 0.0754 e. The summed E-state index contributed by atoms with van der Waals surface area (Å²) in [6, 6.07) is 0. The zero-order valence-electron chi connectivity index (χ0n) is 6.80. The van der Waals surface area contributed by atoms with Gasteiger partial charge >= 0.3 is 0 Å². The molecule has 1 atom stereocenters. The highest BCUT2D eigenvalue weighted by Crippen LogP contribution is 2.11. The molecule has 0 amide bonds. The molecule has 1 aliphatic heterocycles. The van der Waals surface area contributed by atoms with Crippen LogP contribution in [0.5, 0.6) is 0 Å². The molecule has 1 heterocycles. The van der Waals surface area contributed by atoms with Crippen LogP contribution < -0.4 is 0 Å². The monoisotopic (exact) mass is 144 g/mol. The molecule has 1 fully saturated rings. The highest BCUT2D eigenvalue weighted by atomic mass is 16.5. The third-order valence-electron chi connectivity index (χ3n) is 1.23. The second-order valence-electron chi connectivity index (χ2n) is 2.20. The molecule has 0 radical (unpaired) electrons. The van der Waals surface area contributed by atoms with E-state index in [-0.39, 0.29) is 0 Å². The van der Waals surface area contributed by atoms with Crippen molar-refractivity contribution in [3.63, 3.8) is 0 Å². The van der Waals surface area contributed by atoms with Gasteiger partial charge in [0.25, 0.3) is 0 Å². The van der Waals surface area contributed by atoms with Crippen LogP contribution in [0.4, 0.5) is 0 Å². The Balaban J connectivity index is 0.000000236. The van der Waals surface area contributed by atoms with Crippen molar-refractivity contribution in [2.24, 2.45) is 0 Å². The molecule has 1 saturated heterocycles. The Morgan fingerprint density at radius 1 is 1.60 bits per heavy atom. The van der Waals surface area contributed by atoms with E-state index >= 15 is 0 Å².